The van der Waals surface area contributed by atoms with Crippen molar-refractivity contribution in [2.24, 2.45) is 0 Å². The largest absolute Gasteiger partial charge is 0.448 e. The van der Waals surface area contributed by atoms with Crippen LogP contribution in [0.3, 0.4) is 0 Å². The molecule has 0 fully saturated rings. The van der Waals surface area contributed by atoms with Crippen LogP contribution in [0.2, 0.25) is 10.0 Å². The minimum Gasteiger partial charge on any atom is -0.448 e. The molecule has 4 aliphatic rings. The lowest BCUT2D eigenvalue weighted by Gasteiger charge is -2.36. The van der Waals surface area contributed by atoms with Crippen LogP contribution < -0.4 is 21.3 Å². The van der Waals surface area contributed by atoms with E-state index in [4.69, 9.17) is 32.7 Å². The number of hydrogen-bond acceptors (Lipinski definition) is 9. The van der Waals surface area contributed by atoms with Gasteiger partial charge in [0.15, 0.2) is 0 Å². The van der Waals surface area contributed by atoms with Crippen LogP contribution in [0.5, 0.6) is 0 Å². The van der Waals surface area contributed by atoms with Crippen LogP contribution in [-0.4, -0.2) is 99.1 Å². The zero-order valence-corrected chi connectivity index (χ0v) is 53.3. The second-order valence-electron chi connectivity index (χ2n) is 22.9. The molecule has 8 aromatic carbocycles. The smallest absolute Gasteiger partial charge is 0.410 e. The number of benzene rings is 8. The standard InChI is InChI=1S/C36H33ClIN3O4.C36H34ClN3O5/c1-22-18-25(14-15-31(22)37)39-34(42)32(16-17-38)40-35(43)33-19-23-8-2-3-9-24(23)20-41(33)36(44)45-21-30-28-12-6-4-10-26(28)27-11-5-7-13-29(27)30;1-22-18-25(14-15-31(22)37)38-34(42)32(16-17-41)39-35(43)33-19-23-8-2-3-9-24(23)20-40(33)36(44)45-21-30-28-12-6-4-10-26(28)27-11-5-7-13-29(27)30/h2-15,18,30,32-33H,16-17,19-21H2,1H3,(H,39,42)(H,40,43);2-15,18,30,32-33,41H,16-17,19-21H2,1H3,(H,38,42)(H,39,43)/t2*32-,33-/m00/s1. The molecule has 460 valence electrons. The number of carbonyl (C=O) groups is 6. The van der Waals surface area contributed by atoms with Crippen molar-refractivity contribution in [2.75, 3.05) is 34.9 Å². The van der Waals surface area contributed by atoms with Crippen LogP contribution in [0.15, 0.2) is 182 Å². The number of ether oxygens (including phenoxy) is 2. The summed E-state index contributed by atoms with van der Waals surface area (Å²) in [6.45, 7) is 4.06. The van der Waals surface area contributed by atoms with Gasteiger partial charge >= 0.3 is 12.2 Å². The Morgan fingerprint density at radius 1 is 0.500 bits per heavy atom. The average Bonchev–Trinajstić information content (AvgIpc) is 1.65. The van der Waals surface area contributed by atoms with Gasteiger partial charge in [0.1, 0.15) is 37.4 Å². The summed E-state index contributed by atoms with van der Waals surface area (Å²) in [5.41, 5.74) is 15.5. The lowest BCUT2D eigenvalue weighted by Crippen LogP contribution is -2.56. The van der Waals surface area contributed by atoms with Gasteiger partial charge < -0.3 is 35.8 Å². The van der Waals surface area contributed by atoms with Crippen molar-refractivity contribution >= 4 is 93.0 Å². The predicted octanol–water partition coefficient (Wildman–Crippen LogP) is 13.1. The second-order valence-corrected chi connectivity index (χ2v) is 24.8. The van der Waals surface area contributed by atoms with Crippen LogP contribution in [0, 0.1) is 13.8 Å². The van der Waals surface area contributed by atoms with Gasteiger partial charge in [-0.05, 0) is 141 Å². The first-order chi connectivity index (χ1) is 43.7. The van der Waals surface area contributed by atoms with E-state index < -0.39 is 54.1 Å². The minimum atomic E-state index is -1.03. The fourth-order valence-corrected chi connectivity index (χ4v) is 13.3. The quantitative estimate of drug-likeness (QED) is 0.0462. The van der Waals surface area contributed by atoms with Crippen molar-refractivity contribution in [3.8, 4) is 22.3 Å². The zero-order chi connectivity index (χ0) is 63.0. The van der Waals surface area contributed by atoms with Gasteiger partial charge in [-0.25, -0.2) is 9.59 Å². The van der Waals surface area contributed by atoms with Gasteiger partial charge in [-0.1, -0.05) is 191 Å². The number of amides is 6. The molecule has 0 aromatic heterocycles. The van der Waals surface area contributed by atoms with Gasteiger partial charge in [0.05, 0.1) is 13.1 Å². The highest BCUT2D eigenvalue weighted by Crippen LogP contribution is 2.46. The molecule has 90 heavy (non-hydrogen) atoms. The van der Waals surface area contributed by atoms with Gasteiger partial charge in [-0.2, -0.15) is 0 Å². The topological polar surface area (TPSA) is 196 Å². The Hall–Kier alpha value is -8.55. The Balaban J connectivity index is 0.000000185. The number of nitrogens with one attached hydrogen (secondary N) is 4. The molecular formula is C72H67Cl2IN6O9. The second kappa shape index (κ2) is 28.5. The lowest BCUT2D eigenvalue weighted by atomic mass is 9.93. The van der Waals surface area contributed by atoms with Gasteiger partial charge in [-0.15, -0.1) is 0 Å². The number of carbonyl (C=O) groups excluding carboxylic acids is 6. The summed E-state index contributed by atoms with van der Waals surface area (Å²) in [5, 5.41) is 22.3. The molecule has 4 atom stereocenters. The molecule has 0 radical (unpaired) electrons. The highest BCUT2D eigenvalue weighted by Gasteiger charge is 2.41. The van der Waals surface area contributed by atoms with Crippen molar-refractivity contribution in [2.45, 2.75) is 88.6 Å². The van der Waals surface area contributed by atoms with E-state index in [9.17, 15) is 33.9 Å². The maximum atomic E-state index is 13.9. The van der Waals surface area contributed by atoms with Gasteiger partial charge in [0, 0.05) is 57.1 Å². The molecule has 0 unspecified atom stereocenters. The van der Waals surface area contributed by atoms with E-state index in [-0.39, 0.29) is 63.5 Å². The molecule has 2 aliphatic heterocycles. The van der Waals surface area contributed by atoms with Crippen molar-refractivity contribution in [1.29, 1.82) is 0 Å². The summed E-state index contributed by atoms with van der Waals surface area (Å²) in [7, 11) is 0. The van der Waals surface area contributed by atoms with Crippen LogP contribution in [-0.2, 0) is 54.6 Å². The van der Waals surface area contributed by atoms with E-state index in [1.54, 1.807) is 36.4 Å². The first-order valence-corrected chi connectivity index (χ1v) is 32.2. The van der Waals surface area contributed by atoms with E-state index in [0.29, 0.717) is 38.7 Å². The SMILES string of the molecule is Cc1cc(NC(=O)[C@H](CCI)NC(=O)[C@@H]2Cc3ccccc3CN2C(=O)OCC2c3ccccc3-c3ccccc32)ccc1Cl.Cc1cc(NC(=O)[C@H](CCO)NC(=O)[C@@H]2Cc3ccccc3CN2C(=O)OCC2c3ccccc3-c3ccccc32)ccc1Cl. The first-order valence-electron chi connectivity index (χ1n) is 30.0. The Labute approximate surface area is 546 Å². The molecule has 0 saturated heterocycles. The highest BCUT2D eigenvalue weighted by atomic mass is 127. The molecule has 2 aliphatic carbocycles. The number of aliphatic hydroxyl groups is 1. The van der Waals surface area contributed by atoms with Crippen molar-refractivity contribution in [1.82, 2.24) is 20.4 Å². The summed E-state index contributed by atoms with van der Waals surface area (Å²) in [6, 6.07) is 54.8. The molecular weight excluding hydrogens is 1290 g/mol. The molecule has 2 heterocycles. The first kappa shape index (κ1) is 63.0. The third-order valence-corrected chi connectivity index (χ3v) is 18.6. The van der Waals surface area contributed by atoms with E-state index in [1.165, 1.54) is 9.80 Å². The third kappa shape index (κ3) is 13.9. The number of anilines is 2. The number of hydrogen-bond donors (Lipinski definition) is 5. The van der Waals surface area contributed by atoms with Crippen LogP contribution in [0.1, 0.15) is 80.3 Å². The highest BCUT2D eigenvalue weighted by molar-refractivity contribution is 14.1. The molecule has 15 nitrogen and oxygen atoms in total. The Kier molecular flexibility index (Phi) is 20.0. The Bertz CT molecular complexity index is 3690. The maximum absolute atomic E-state index is 13.9. The van der Waals surface area contributed by atoms with Gasteiger partial charge in [0.2, 0.25) is 23.6 Å². The fourth-order valence-electron chi connectivity index (χ4n) is 12.5. The average molecular weight is 1360 g/mol. The molecule has 0 saturated carbocycles. The minimum absolute atomic E-state index is 0.00159. The number of aryl methyl sites for hydroxylation is 2. The van der Waals surface area contributed by atoms with Crippen LogP contribution in [0.4, 0.5) is 21.0 Å². The molecule has 12 rings (SSSR count). The summed E-state index contributed by atoms with van der Waals surface area (Å²) >= 11 is 14.5. The Morgan fingerprint density at radius 3 is 1.20 bits per heavy atom. The maximum Gasteiger partial charge on any atom is 0.410 e. The normalized spacial score (nSPS) is 15.8. The van der Waals surface area contributed by atoms with E-state index in [2.05, 4.69) is 92.4 Å². The molecule has 18 heteroatoms. The Morgan fingerprint density at radius 2 is 0.844 bits per heavy atom. The molecule has 8 aromatic rings. The molecule has 0 bridgehead atoms. The number of nitrogens with zero attached hydrogens (tertiary/aromatic N) is 2. The van der Waals surface area contributed by atoms with E-state index in [0.717, 1.165) is 77.9 Å². The monoisotopic (exact) mass is 1360 g/mol. The lowest BCUT2D eigenvalue weighted by molar-refractivity contribution is -0.130. The number of aliphatic hydroxyl groups excluding tert-OH is 1. The fraction of sp³-hybridized carbons (Fsp3) is 0.250. The van der Waals surface area contributed by atoms with Crippen molar-refractivity contribution < 1.29 is 43.3 Å². The van der Waals surface area contributed by atoms with Gasteiger partial charge in [0.25, 0.3) is 0 Å². The number of rotatable bonds is 16. The van der Waals surface area contributed by atoms with Gasteiger partial charge in [-0.3, -0.25) is 29.0 Å². The predicted molar refractivity (Wildman–Crippen MR) is 358 cm³/mol. The molecule has 5 N–H and O–H groups in total. The van der Waals surface area contributed by atoms with E-state index in [1.807, 2.05) is 111 Å². The van der Waals surface area contributed by atoms with Crippen LogP contribution in [0.25, 0.3) is 22.3 Å². The zero-order valence-electron chi connectivity index (χ0n) is 49.6. The summed E-state index contributed by atoms with van der Waals surface area (Å²) in [6.07, 6.45) is -0.154. The molecule has 0 spiro atoms. The number of alkyl halides is 1. The number of halogens is 3. The van der Waals surface area contributed by atoms with E-state index >= 15 is 0 Å². The summed E-state index contributed by atoms with van der Waals surface area (Å²) < 4.78 is 12.6. The number of fused-ring (bicyclic) bond motifs is 8. The summed E-state index contributed by atoms with van der Waals surface area (Å²) in [5.74, 6) is -1.93. The summed E-state index contributed by atoms with van der Waals surface area (Å²) in [4.78, 5) is 84.7. The third-order valence-electron chi connectivity index (χ3n) is 17.2. The van der Waals surface area contributed by atoms with Crippen molar-refractivity contribution in [3.05, 3.63) is 248 Å². The molecule has 6 amide bonds. The van der Waals surface area contributed by atoms with Crippen LogP contribution >= 0.6 is 45.8 Å². The van der Waals surface area contributed by atoms with Crippen molar-refractivity contribution in [3.63, 3.8) is 0 Å².